The number of morpholine rings is 1. The molecule has 3 saturated heterocycles. The molecule has 2 N–H and O–H groups in total. The molecule has 0 saturated carbocycles. The number of benzene rings is 1. The SMILES string of the molecule is O=C(CC1CC2OC(CNCc3ccccc3C(F)(F)F)C(O)C2O1)N1CCOCC1. The molecule has 1 amide bonds. The van der Waals surface area contributed by atoms with E-state index < -0.39 is 30.1 Å². The van der Waals surface area contributed by atoms with Crippen LogP contribution in [0.5, 0.6) is 0 Å². The van der Waals surface area contributed by atoms with Crippen LogP contribution >= 0.6 is 0 Å². The zero-order valence-corrected chi connectivity index (χ0v) is 17.0. The third-order valence-electron chi connectivity index (χ3n) is 6.03. The molecule has 1 aromatic rings. The summed E-state index contributed by atoms with van der Waals surface area (Å²) in [7, 11) is 0. The molecule has 5 atom stereocenters. The van der Waals surface area contributed by atoms with E-state index in [4.69, 9.17) is 14.2 Å². The van der Waals surface area contributed by atoms with Gasteiger partial charge in [0.2, 0.25) is 5.91 Å². The van der Waals surface area contributed by atoms with Crippen LogP contribution in [-0.4, -0.2) is 79.3 Å². The second-order valence-corrected chi connectivity index (χ2v) is 8.15. The second-order valence-electron chi connectivity index (χ2n) is 8.15. The van der Waals surface area contributed by atoms with E-state index in [9.17, 15) is 23.1 Å². The predicted molar refractivity (Wildman–Crippen MR) is 103 cm³/mol. The zero-order chi connectivity index (χ0) is 22.0. The van der Waals surface area contributed by atoms with E-state index in [1.807, 2.05) is 0 Å². The van der Waals surface area contributed by atoms with E-state index in [2.05, 4.69) is 5.32 Å². The number of nitrogens with one attached hydrogen (secondary N) is 1. The predicted octanol–water partition coefficient (Wildman–Crippen LogP) is 1.33. The maximum atomic E-state index is 13.1. The first-order valence-electron chi connectivity index (χ1n) is 10.5. The Morgan fingerprint density at radius 2 is 1.94 bits per heavy atom. The van der Waals surface area contributed by atoms with E-state index >= 15 is 0 Å². The van der Waals surface area contributed by atoms with Crippen molar-refractivity contribution in [3.63, 3.8) is 0 Å². The van der Waals surface area contributed by atoms with Crippen molar-refractivity contribution < 1.29 is 37.3 Å². The first-order chi connectivity index (χ1) is 14.8. The smallest absolute Gasteiger partial charge is 0.388 e. The van der Waals surface area contributed by atoms with Gasteiger partial charge in [0.05, 0.1) is 43.5 Å². The molecule has 3 aliphatic heterocycles. The Bertz CT molecular complexity index is 772. The number of hydrogen-bond acceptors (Lipinski definition) is 6. The Hall–Kier alpha value is -1.72. The Morgan fingerprint density at radius 3 is 2.65 bits per heavy atom. The number of rotatable bonds is 6. The number of amides is 1. The monoisotopic (exact) mass is 444 g/mol. The van der Waals surface area contributed by atoms with Gasteiger partial charge in [-0.15, -0.1) is 0 Å². The molecule has 0 aliphatic carbocycles. The summed E-state index contributed by atoms with van der Waals surface area (Å²) >= 11 is 0. The fourth-order valence-electron chi connectivity index (χ4n) is 4.45. The van der Waals surface area contributed by atoms with Gasteiger partial charge in [-0.3, -0.25) is 4.79 Å². The van der Waals surface area contributed by atoms with Crippen molar-refractivity contribution in [2.45, 2.75) is 56.1 Å². The molecule has 31 heavy (non-hydrogen) atoms. The lowest BCUT2D eigenvalue weighted by atomic mass is 10.1. The van der Waals surface area contributed by atoms with Crippen molar-refractivity contribution in [3.8, 4) is 0 Å². The minimum atomic E-state index is -4.42. The second kappa shape index (κ2) is 9.41. The highest BCUT2D eigenvalue weighted by atomic mass is 19.4. The highest BCUT2D eigenvalue weighted by Gasteiger charge is 2.50. The lowest BCUT2D eigenvalue weighted by Gasteiger charge is -2.28. The number of fused-ring (bicyclic) bond motifs is 1. The number of halogens is 3. The number of aliphatic hydroxyl groups excluding tert-OH is 1. The van der Waals surface area contributed by atoms with Crippen molar-refractivity contribution >= 4 is 5.91 Å². The van der Waals surface area contributed by atoms with Gasteiger partial charge in [-0.1, -0.05) is 18.2 Å². The number of hydrogen-bond donors (Lipinski definition) is 2. The number of nitrogens with zero attached hydrogens (tertiary/aromatic N) is 1. The lowest BCUT2D eigenvalue weighted by molar-refractivity contribution is -0.139. The molecule has 4 rings (SSSR count). The summed E-state index contributed by atoms with van der Waals surface area (Å²) in [5.74, 6) is 0.00399. The summed E-state index contributed by atoms with van der Waals surface area (Å²) in [6, 6.07) is 5.39. The van der Waals surface area contributed by atoms with Crippen molar-refractivity contribution in [3.05, 3.63) is 35.4 Å². The highest BCUT2D eigenvalue weighted by Crippen LogP contribution is 2.36. The minimum Gasteiger partial charge on any atom is -0.388 e. The molecule has 172 valence electrons. The van der Waals surface area contributed by atoms with Crippen molar-refractivity contribution in [2.24, 2.45) is 0 Å². The first-order valence-corrected chi connectivity index (χ1v) is 10.5. The van der Waals surface area contributed by atoms with Gasteiger partial charge in [0.1, 0.15) is 12.2 Å². The maximum absolute atomic E-state index is 13.1. The lowest BCUT2D eigenvalue weighted by Crippen LogP contribution is -2.42. The van der Waals surface area contributed by atoms with Crippen LogP contribution in [0.2, 0.25) is 0 Å². The van der Waals surface area contributed by atoms with E-state index in [-0.39, 0.29) is 43.2 Å². The van der Waals surface area contributed by atoms with Gasteiger partial charge in [0, 0.05) is 32.6 Å². The fourth-order valence-corrected chi connectivity index (χ4v) is 4.45. The molecule has 0 aromatic heterocycles. The Balaban J connectivity index is 1.24. The zero-order valence-electron chi connectivity index (χ0n) is 17.0. The van der Waals surface area contributed by atoms with Crippen LogP contribution in [0.15, 0.2) is 24.3 Å². The number of ether oxygens (including phenoxy) is 3. The van der Waals surface area contributed by atoms with Crippen LogP contribution in [0.1, 0.15) is 24.0 Å². The number of carbonyl (C=O) groups excluding carboxylic acids is 1. The van der Waals surface area contributed by atoms with Crippen LogP contribution in [0.3, 0.4) is 0 Å². The molecular formula is C21H27F3N2O5. The van der Waals surface area contributed by atoms with E-state index in [0.717, 1.165) is 6.07 Å². The van der Waals surface area contributed by atoms with Gasteiger partial charge < -0.3 is 29.5 Å². The minimum absolute atomic E-state index is 0.00399. The van der Waals surface area contributed by atoms with E-state index in [0.29, 0.717) is 32.7 Å². The topological polar surface area (TPSA) is 80.3 Å². The molecule has 7 nitrogen and oxygen atoms in total. The molecule has 3 fully saturated rings. The molecule has 0 bridgehead atoms. The van der Waals surface area contributed by atoms with Crippen molar-refractivity contribution in [1.82, 2.24) is 10.2 Å². The standard InChI is InChI=1S/C21H27F3N2O5/c22-21(23,24)15-4-2-1-3-13(15)11-25-12-17-19(28)20-16(31-17)9-14(30-20)10-18(27)26-5-7-29-8-6-26/h1-4,14,16-17,19-20,25,28H,5-12H2. The van der Waals surface area contributed by atoms with Gasteiger partial charge in [-0.05, 0) is 11.6 Å². The summed E-state index contributed by atoms with van der Waals surface area (Å²) in [6.07, 6.45) is -6.33. The van der Waals surface area contributed by atoms with Crippen molar-refractivity contribution in [1.29, 1.82) is 0 Å². The fraction of sp³-hybridized carbons (Fsp3) is 0.667. The summed E-state index contributed by atoms with van der Waals surface area (Å²) < 4.78 is 56.3. The van der Waals surface area contributed by atoms with E-state index in [1.54, 1.807) is 11.0 Å². The summed E-state index contributed by atoms with van der Waals surface area (Å²) in [5, 5.41) is 13.5. The normalized spacial score (nSPS) is 31.1. The van der Waals surface area contributed by atoms with Crippen molar-refractivity contribution in [2.75, 3.05) is 32.8 Å². The molecule has 1 aromatic carbocycles. The first kappa shape index (κ1) is 22.5. The molecule has 3 heterocycles. The number of alkyl halides is 3. The average Bonchev–Trinajstić information content (AvgIpc) is 3.26. The molecule has 3 aliphatic rings. The van der Waals surface area contributed by atoms with Gasteiger partial charge >= 0.3 is 6.18 Å². The number of carbonyl (C=O) groups is 1. The van der Waals surface area contributed by atoms with Crippen LogP contribution in [0, 0.1) is 0 Å². The summed E-state index contributed by atoms with van der Waals surface area (Å²) in [4.78, 5) is 14.1. The molecule has 5 unspecified atom stereocenters. The van der Waals surface area contributed by atoms with E-state index in [1.165, 1.54) is 12.1 Å². The third kappa shape index (κ3) is 5.20. The number of aliphatic hydroxyl groups is 1. The van der Waals surface area contributed by atoms with Crippen LogP contribution < -0.4 is 5.32 Å². The average molecular weight is 444 g/mol. The third-order valence-corrected chi connectivity index (χ3v) is 6.03. The van der Waals surface area contributed by atoms with Crippen LogP contribution in [-0.2, 0) is 31.7 Å². The largest absolute Gasteiger partial charge is 0.416 e. The summed E-state index contributed by atoms with van der Waals surface area (Å²) in [5.41, 5.74) is -0.538. The molecule has 0 spiro atoms. The maximum Gasteiger partial charge on any atom is 0.416 e. The van der Waals surface area contributed by atoms with Gasteiger partial charge in [-0.25, -0.2) is 0 Å². The molecular weight excluding hydrogens is 417 g/mol. The van der Waals surface area contributed by atoms with Gasteiger partial charge in [0.15, 0.2) is 0 Å². The van der Waals surface area contributed by atoms with Crippen LogP contribution in [0.25, 0.3) is 0 Å². The van der Waals surface area contributed by atoms with Gasteiger partial charge in [0.25, 0.3) is 0 Å². The Kier molecular flexibility index (Phi) is 6.83. The Morgan fingerprint density at radius 1 is 1.19 bits per heavy atom. The highest BCUT2D eigenvalue weighted by molar-refractivity contribution is 5.76. The molecule has 0 radical (unpaired) electrons. The quantitative estimate of drug-likeness (QED) is 0.689. The van der Waals surface area contributed by atoms with Crippen LogP contribution in [0.4, 0.5) is 13.2 Å². The van der Waals surface area contributed by atoms with Gasteiger partial charge in [-0.2, -0.15) is 13.2 Å². The Labute approximate surface area is 178 Å². The summed E-state index contributed by atoms with van der Waals surface area (Å²) in [6.45, 7) is 2.42. The molecule has 10 heteroatoms.